The van der Waals surface area contributed by atoms with Gasteiger partial charge in [0.1, 0.15) is 0 Å². The highest BCUT2D eigenvalue weighted by Gasteiger charge is 2.36. The summed E-state index contributed by atoms with van der Waals surface area (Å²) in [7, 11) is 0. The molecule has 0 fully saturated rings. The third-order valence-corrected chi connectivity index (χ3v) is 6.32. The zero-order valence-corrected chi connectivity index (χ0v) is 17.6. The lowest BCUT2D eigenvalue weighted by molar-refractivity contribution is 0.0979. The van der Waals surface area contributed by atoms with Crippen molar-refractivity contribution in [3.05, 3.63) is 129 Å². The molecule has 2 radical (unpaired) electrons. The number of carbonyl (C=O) groups is 4. The Hall–Kier alpha value is -4.68. The molecular formula is C28H14N2O4. The molecule has 0 saturated heterocycles. The first kappa shape index (κ1) is 20.0. The standard InChI is InChI=1S/C28H14N2O4/c29-30(21-13-5-11-19-23(21)27(33)17-9-3-1-7-15(17)25(19)31)22-14-6-12-20-24(22)28(34)18-10-4-2-8-16(18)26(20)32/h1-14H. The molecule has 34 heavy (non-hydrogen) atoms. The van der Waals surface area contributed by atoms with E-state index in [4.69, 9.17) is 0 Å². The fourth-order valence-electron chi connectivity index (χ4n) is 4.74. The summed E-state index contributed by atoms with van der Waals surface area (Å²) in [6, 6.07) is 22.2. The molecule has 160 valence electrons. The molecule has 0 aliphatic heterocycles. The van der Waals surface area contributed by atoms with Gasteiger partial charge in [0, 0.05) is 33.4 Å². The van der Waals surface area contributed by atoms with Crippen molar-refractivity contribution in [2.45, 2.75) is 0 Å². The first-order chi connectivity index (χ1) is 16.5. The van der Waals surface area contributed by atoms with Gasteiger partial charge in [-0.2, -0.15) is 0 Å². The molecular weight excluding hydrogens is 428 g/mol. The number of hydrogen-bond donors (Lipinski definition) is 0. The second-order valence-corrected chi connectivity index (χ2v) is 8.12. The quantitative estimate of drug-likeness (QED) is 0.372. The molecule has 6 nitrogen and oxygen atoms in total. The van der Waals surface area contributed by atoms with E-state index in [2.05, 4.69) is 0 Å². The molecule has 0 spiro atoms. The van der Waals surface area contributed by atoms with Crippen molar-refractivity contribution in [2.75, 3.05) is 5.01 Å². The third-order valence-electron chi connectivity index (χ3n) is 6.32. The Labute approximate surface area is 194 Å². The lowest BCUT2D eigenvalue weighted by atomic mass is 9.82. The lowest BCUT2D eigenvalue weighted by Crippen LogP contribution is -2.28. The second kappa shape index (κ2) is 7.16. The molecule has 0 bridgehead atoms. The Morgan fingerprint density at radius 1 is 0.412 bits per heavy atom. The van der Waals surface area contributed by atoms with Crippen LogP contribution in [0.15, 0.2) is 84.9 Å². The summed E-state index contributed by atoms with van der Waals surface area (Å²) < 4.78 is 0. The summed E-state index contributed by atoms with van der Waals surface area (Å²) in [4.78, 5) is 52.9. The summed E-state index contributed by atoms with van der Waals surface area (Å²) in [5.41, 5.74) is 1.62. The molecule has 0 aromatic heterocycles. The van der Waals surface area contributed by atoms with E-state index in [9.17, 15) is 25.0 Å². The maximum Gasteiger partial charge on any atom is 0.196 e. The van der Waals surface area contributed by atoms with Gasteiger partial charge in [0.05, 0.1) is 22.5 Å². The van der Waals surface area contributed by atoms with Gasteiger partial charge in [-0.3, -0.25) is 19.2 Å². The SMILES string of the molecule is [N]N(c1cccc2c1C(=O)c1ccccc1C2=O)c1cccc2c1C(=O)c1ccccc1C2=O. The number of anilines is 2. The van der Waals surface area contributed by atoms with Crippen LogP contribution in [0.3, 0.4) is 0 Å². The van der Waals surface area contributed by atoms with E-state index in [1.807, 2.05) is 0 Å². The van der Waals surface area contributed by atoms with Gasteiger partial charge < -0.3 is 0 Å². The largest absolute Gasteiger partial charge is 0.289 e. The van der Waals surface area contributed by atoms with Gasteiger partial charge in [-0.15, -0.1) is 0 Å². The van der Waals surface area contributed by atoms with Crippen LogP contribution in [0.4, 0.5) is 11.4 Å². The van der Waals surface area contributed by atoms with Crippen molar-refractivity contribution in [2.24, 2.45) is 0 Å². The van der Waals surface area contributed by atoms with E-state index in [1.54, 1.807) is 60.7 Å². The first-order valence-corrected chi connectivity index (χ1v) is 10.6. The van der Waals surface area contributed by atoms with Crippen molar-refractivity contribution in [1.29, 1.82) is 0 Å². The zero-order chi connectivity index (χ0) is 23.6. The van der Waals surface area contributed by atoms with Gasteiger partial charge in [-0.25, -0.2) is 5.01 Å². The van der Waals surface area contributed by atoms with Crippen LogP contribution in [0.1, 0.15) is 63.7 Å². The number of ketones is 4. The number of carbonyl (C=O) groups excluding carboxylic acids is 4. The normalized spacial score (nSPS) is 13.7. The molecule has 6 rings (SSSR count). The minimum atomic E-state index is -0.405. The van der Waals surface area contributed by atoms with E-state index in [0.717, 1.165) is 5.01 Å². The van der Waals surface area contributed by atoms with E-state index in [0.29, 0.717) is 11.1 Å². The maximum absolute atomic E-state index is 13.4. The zero-order valence-electron chi connectivity index (χ0n) is 17.6. The highest BCUT2D eigenvalue weighted by atomic mass is 16.1. The molecule has 0 amide bonds. The third kappa shape index (κ3) is 2.60. The summed E-state index contributed by atoms with van der Waals surface area (Å²) in [5, 5.41) is 0.718. The topological polar surface area (TPSA) is 93.8 Å². The van der Waals surface area contributed by atoms with Crippen molar-refractivity contribution in [1.82, 2.24) is 5.84 Å². The summed E-state index contributed by atoms with van der Waals surface area (Å²) in [5.74, 6) is 9.86. The molecule has 0 saturated carbocycles. The predicted octanol–water partition coefficient (Wildman–Crippen LogP) is 4.36. The highest BCUT2D eigenvalue weighted by Crippen LogP contribution is 2.39. The molecule has 2 aliphatic rings. The van der Waals surface area contributed by atoms with Gasteiger partial charge >= 0.3 is 0 Å². The average Bonchev–Trinajstić information content (AvgIpc) is 2.89. The van der Waals surface area contributed by atoms with Crippen LogP contribution in [-0.4, -0.2) is 23.1 Å². The number of rotatable bonds is 2. The van der Waals surface area contributed by atoms with E-state index in [1.165, 1.54) is 24.3 Å². The molecule has 4 aromatic rings. The van der Waals surface area contributed by atoms with Crippen LogP contribution in [0.25, 0.3) is 0 Å². The maximum atomic E-state index is 13.4. The van der Waals surface area contributed by atoms with Gasteiger partial charge in [0.25, 0.3) is 0 Å². The van der Waals surface area contributed by atoms with Crippen molar-refractivity contribution in [3.8, 4) is 0 Å². The van der Waals surface area contributed by atoms with Crippen LogP contribution in [0, 0.1) is 0 Å². The van der Waals surface area contributed by atoms with Gasteiger partial charge in [0.15, 0.2) is 23.1 Å². The Kier molecular flexibility index (Phi) is 4.21. The highest BCUT2D eigenvalue weighted by molar-refractivity contribution is 6.32. The molecule has 0 heterocycles. The van der Waals surface area contributed by atoms with Crippen molar-refractivity contribution >= 4 is 34.5 Å². The van der Waals surface area contributed by atoms with Crippen LogP contribution in [-0.2, 0) is 0 Å². The monoisotopic (exact) mass is 442 g/mol. The second-order valence-electron chi connectivity index (χ2n) is 8.12. The van der Waals surface area contributed by atoms with Gasteiger partial charge in [0.2, 0.25) is 0 Å². The first-order valence-electron chi connectivity index (χ1n) is 10.6. The van der Waals surface area contributed by atoms with E-state index in [-0.39, 0.29) is 56.3 Å². The minimum Gasteiger partial charge on any atom is -0.289 e. The minimum absolute atomic E-state index is 0.0429. The Morgan fingerprint density at radius 3 is 1.12 bits per heavy atom. The van der Waals surface area contributed by atoms with Crippen LogP contribution in [0.5, 0.6) is 0 Å². The molecule has 4 aromatic carbocycles. The Balaban J connectivity index is 1.54. The Bertz CT molecular complexity index is 1480. The fourth-order valence-corrected chi connectivity index (χ4v) is 4.74. The fraction of sp³-hybridized carbons (Fsp3) is 0. The van der Waals surface area contributed by atoms with E-state index >= 15 is 0 Å². The Morgan fingerprint density at radius 2 is 0.735 bits per heavy atom. The summed E-state index contributed by atoms with van der Waals surface area (Å²) in [6.07, 6.45) is 0. The average molecular weight is 442 g/mol. The smallest absolute Gasteiger partial charge is 0.196 e. The van der Waals surface area contributed by atoms with E-state index < -0.39 is 11.6 Å². The summed E-state index contributed by atoms with van der Waals surface area (Å²) in [6.45, 7) is 0. The number of hydrogen-bond acceptors (Lipinski definition) is 5. The molecule has 6 heteroatoms. The number of nitrogens with zero attached hydrogens (tertiary/aromatic N) is 2. The predicted molar refractivity (Wildman–Crippen MR) is 124 cm³/mol. The molecule has 0 unspecified atom stereocenters. The van der Waals surface area contributed by atoms with Crippen LogP contribution >= 0.6 is 0 Å². The van der Waals surface area contributed by atoms with Crippen LogP contribution in [0.2, 0.25) is 0 Å². The van der Waals surface area contributed by atoms with Crippen molar-refractivity contribution in [3.63, 3.8) is 0 Å². The van der Waals surface area contributed by atoms with Crippen molar-refractivity contribution < 1.29 is 19.2 Å². The molecule has 2 aliphatic carbocycles. The summed E-state index contributed by atoms with van der Waals surface area (Å²) >= 11 is 0. The molecule has 0 atom stereocenters. The molecule has 0 N–H and O–H groups in total. The van der Waals surface area contributed by atoms with Crippen LogP contribution < -0.4 is 10.9 Å². The lowest BCUT2D eigenvalue weighted by Gasteiger charge is -2.27. The number of benzene rings is 4. The van der Waals surface area contributed by atoms with Gasteiger partial charge in [-0.1, -0.05) is 72.8 Å². The van der Waals surface area contributed by atoms with Gasteiger partial charge in [-0.05, 0) is 18.0 Å². The number of fused-ring (bicyclic) bond motifs is 4.